The predicted molar refractivity (Wildman–Crippen MR) is 139 cm³/mol. The Morgan fingerprint density at radius 2 is 1.31 bits per heavy atom. The molecule has 1 aliphatic rings. The van der Waals surface area contributed by atoms with Crippen molar-refractivity contribution in [2.45, 2.75) is 37.2 Å². The van der Waals surface area contributed by atoms with Gasteiger partial charge in [-0.25, -0.2) is 13.6 Å². The lowest BCUT2D eigenvalue weighted by atomic mass is 9.94. The molecule has 0 bridgehead atoms. The number of amides is 2. The van der Waals surface area contributed by atoms with Gasteiger partial charge in [-0.1, -0.05) is 72.6 Å². The number of rotatable bonds is 8. The lowest BCUT2D eigenvalue weighted by Crippen LogP contribution is -2.39. The molecule has 4 N–H and O–H groups in total. The molecule has 3 aromatic carbocycles. The highest BCUT2D eigenvalue weighted by atomic mass is 35.5. The number of hydrogen-bond acceptors (Lipinski definition) is 4. The molecule has 2 atom stereocenters. The van der Waals surface area contributed by atoms with E-state index in [1.165, 1.54) is 6.07 Å². The van der Waals surface area contributed by atoms with Crippen molar-refractivity contribution in [1.29, 1.82) is 0 Å². The van der Waals surface area contributed by atoms with Gasteiger partial charge in [-0.2, -0.15) is 0 Å². The minimum Gasteiger partial charge on any atom is -0.352 e. The summed E-state index contributed by atoms with van der Waals surface area (Å²) in [5.41, 5.74) is 3.04. The Labute approximate surface area is 216 Å². The number of nitrogens with two attached hydrogens (primary N) is 1. The van der Waals surface area contributed by atoms with Gasteiger partial charge in [0.05, 0.1) is 4.90 Å². The van der Waals surface area contributed by atoms with E-state index in [9.17, 15) is 18.0 Å². The molecular weight excluding hydrogens is 498 g/mol. The molecular formula is C27H28ClN3O4S. The first-order chi connectivity index (χ1) is 17.2. The van der Waals surface area contributed by atoms with E-state index in [0.717, 1.165) is 17.5 Å². The van der Waals surface area contributed by atoms with Crippen LogP contribution in [0.15, 0.2) is 77.7 Å². The fourth-order valence-electron chi connectivity index (χ4n) is 4.59. The summed E-state index contributed by atoms with van der Waals surface area (Å²) in [7, 11) is -3.85. The molecule has 0 saturated heterocycles. The smallest absolute Gasteiger partial charge is 0.238 e. The quantitative estimate of drug-likeness (QED) is 0.412. The van der Waals surface area contributed by atoms with Crippen LogP contribution in [-0.4, -0.2) is 20.2 Å². The minimum atomic E-state index is -3.85. The Kier molecular flexibility index (Phi) is 8.08. The molecule has 0 spiro atoms. The molecule has 2 amide bonds. The number of primary sulfonamides is 1. The molecule has 1 aliphatic carbocycles. The number of hydrogen-bond donors (Lipinski definition) is 3. The zero-order valence-electron chi connectivity index (χ0n) is 19.6. The summed E-state index contributed by atoms with van der Waals surface area (Å²) in [6.07, 6.45) is 2.19. The highest BCUT2D eigenvalue weighted by Crippen LogP contribution is 2.32. The predicted octanol–water partition coefficient (Wildman–Crippen LogP) is 4.00. The molecule has 0 heterocycles. The Morgan fingerprint density at radius 1 is 0.806 bits per heavy atom. The van der Waals surface area contributed by atoms with Gasteiger partial charge >= 0.3 is 0 Å². The van der Waals surface area contributed by atoms with Gasteiger partial charge < -0.3 is 10.6 Å². The topological polar surface area (TPSA) is 118 Å². The van der Waals surface area contributed by atoms with E-state index in [0.29, 0.717) is 42.1 Å². The number of carbonyl (C=O) groups is 2. The van der Waals surface area contributed by atoms with E-state index < -0.39 is 10.0 Å². The van der Waals surface area contributed by atoms with Crippen molar-refractivity contribution in [3.05, 3.63) is 88.9 Å². The molecule has 36 heavy (non-hydrogen) atoms. The molecule has 4 rings (SSSR count). The summed E-state index contributed by atoms with van der Waals surface area (Å²) in [6.45, 7) is 0.702. The number of carbonyl (C=O) groups excluding carboxylic acids is 2. The van der Waals surface area contributed by atoms with Crippen LogP contribution in [0, 0.1) is 11.8 Å². The maximum Gasteiger partial charge on any atom is 0.238 e. The van der Waals surface area contributed by atoms with E-state index in [1.807, 2.05) is 24.3 Å². The molecule has 3 aromatic rings. The molecule has 9 heteroatoms. The van der Waals surface area contributed by atoms with Crippen LogP contribution in [0.3, 0.4) is 0 Å². The first-order valence-corrected chi connectivity index (χ1v) is 13.7. The van der Waals surface area contributed by atoms with Crippen LogP contribution in [0.1, 0.15) is 30.4 Å². The molecule has 188 valence electrons. The van der Waals surface area contributed by atoms with Crippen LogP contribution in [0.2, 0.25) is 5.02 Å². The second kappa shape index (κ2) is 11.2. The van der Waals surface area contributed by atoms with Gasteiger partial charge in [0.25, 0.3) is 0 Å². The molecule has 0 radical (unpaired) electrons. The molecule has 0 aromatic heterocycles. The van der Waals surface area contributed by atoms with Crippen molar-refractivity contribution in [2.24, 2.45) is 17.0 Å². The van der Waals surface area contributed by atoms with Crippen molar-refractivity contribution in [3.8, 4) is 11.1 Å². The third-order valence-electron chi connectivity index (χ3n) is 6.49. The molecule has 7 nitrogen and oxygen atoms in total. The molecule has 1 saturated carbocycles. The largest absolute Gasteiger partial charge is 0.352 e. The Hall–Kier alpha value is -3.20. The normalized spacial score (nSPS) is 17.5. The average molecular weight is 526 g/mol. The van der Waals surface area contributed by atoms with Gasteiger partial charge in [0.1, 0.15) is 0 Å². The van der Waals surface area contributed by atoms with Gasteiger partial charge in [0.2, 0.25) is 21.8 Å². The SMILES string of the molecule is NS(=O)(=O)c1ccccc1-c1ccc(CNC(=O)C2CCC[C@H]2C(=O)NCc2ccc(Cl)cc2)cc1. The van der Waals surface area contributed by atoms with Crippen molar-refractivity contribution < 1.29 is 18.0 Å². The first kappa shape index (κ1) is 25.9. The average Bonchev–Trinajstić information content (AvgIpc) is 3.37. The van der Waals surface area contributed by atoms with Crippen molar-refractivity contribution >= 4 is 33.4 Å². The monoisotopic (exact) mass is 525 g/mol. The third-order valence-corrected chi connectivity index (χ3v) is 7.72. The van der Waals surface area contributed by atoms with Gasteiger partial charge in [-0.3, -0.25) is 9.59 Å². The van der Waals surface area contributed by atoms with Gasteiger partial charge in [-0.15, -0.1) is 0 Å². The standard InChI is InChI=1S/C27H28ClN3O4S/c28-21-14-10-19(11-15-21)17-31-27(33)24-6-3-5-23(24)26(32)30-16-18-8-12-20(13-9-18)22-4-1-2-7-25(22)36(29,34)35/h1-2,4,7-15,23-24H,3,5-6,16-17H2,(H,30,32)(H,31,33)(H2,29,34,35)/t23?,24-/m1/s1. The Bertz CT molecular complexity index is 1340. The van der Waals surface area contributed by atoms with Crippen LogP contribution in [0.5, 0.6) is 0 Å². The van der Waals surface area contributed by atoms with Crippen LogP contribution < -0.4 is 15.8 Å². The fourth-order valence-corrected chi connectivity index (χ4v) is 5.47. The summed E-state index contributed by atoms with van der Waals surface area (Å²) in [5.74, 6) is -0.964. The zero-order chi connectivity index (χ0) is 25.7. The second-order valence-corrected chi connectivity index (χ2v) is 10.9. The van der Waals surface area contributed by atoms with Crippen molar-refractivity contribution in [2.75, 3.05) is 0 Å². The first-order valence-electron chi connectivity index (χ1n) is 11.7. The fraction of sp³-hybridized carbons (Fsp3) is 0.259. The summed E-state index contributed by atoms with van der Waals surface area (Å²) in [4.78, 5) is 25.7. The van der Waals surface area contributed by atoms with Gasteiger partial charge in [0, 0.05) is 35.5 Å². The Balaban J connectivity index is 1.34. The summed E-state index contributed by atoms with van der Waals surface area (Å²) in [6, 6.07) is 21.1. The van der Waals surface area contributed by atoms with E-state index >= 15 is 0 Å². The zero-order valence-corrected chi connectivity index (χ0v) is 21.2. The minimum absolute atomic E-state index is 0.0627. The van der Waals surface area contributed by atoms with Crippen LogP contribution in [0.25, 0.3) is 11.1 Å². The van der Waals surface area contributed by atoms with Crippen molar-refractivity contribution in [3.63, 3.8) is 0 Å². The van der Waals surface area contributed by atoms with Crippen LogP contribution in [0.4, 0.5) is 0 Å². The van der Waals surface area contributed by atoms with E-state index in [1.54, 1.807) is 42.5 Å². The Morgan fingerprint density at radius 3 is 1.83 bits per heavy atom. The highest BCUT2D eigenvalue weighted by molar-refractivity contribution is 7.89. The van der Waals surface area contributed by atoms with Crippen LogP contribution >= 0.6 is 11.6 Å². The lowest BCUT2D eigenvalue weighted by molar-refractivity contribution is -0.133. The molecule has 1 fully saturated rings. The van der Waals surface area contributed by atoms with Gasteiger partial charge in [-0.05, 0) is 47.7 Å². The van der Waals surface area contributed by atoms with E-state index in [4.69, 9.17) is 16.7 Å². The van der Waals surface area contributed by atoms with E-state index in [-0.39, 0.29) is 28.5 Å². The maximum atomic E-state index is 12.9. The number of benzene rings is 3. The number of nitrogens with one attached hydrogen (secondary N) is 2. The van der Waals surface area contributed by atoms with Crippen LogP contribution in [-0.2, 0) is 32.7 Å². The van der Waals surface area contributed by atoms with Gasteiger partial charge in [0.15, 0.2) is 0 Å². The molecule has 1 unspecified atom stereocenters. The number of sulfonamides is 1. The maximum absolute atomic E-state index is 12.9. The van der Waals surface area contributed by atoms with Crippen molar-refractivity contribution in [1.82, 2.24) is 10.6 Å². The number of halogens is 1. The summed E-state index contributed by atoms with van der Waals surface area (Å²) < 4.78 is 23.8. The highest BCUT2D eigenvalue weighted by Gasteiger charge is 2.37. The van der Waals surface area contributed by atoms with E-state index in [2.05, 4.69) is 10.6 Å². The summed E-state index contributed by atoms with van der Waals surface area (Å²) in [5, 5.41) is 11.9. The third kappa shape index (κ3) is 6.32. The summed E-state index contributed by atoms with van der Waals surface area (Å²) >= 11 is 5.91. The lowest BCUT2D eigenvalue weighted by Gasteiger charge is -2.19. The molecule has 0 aliphatic heterocycles. The second-order valence-electron chi connectivity index (χ2n) is 8.94.